The highest BCUT2D eigenvalue weighted by molar-refractivity contribution is 6.33. The van der Waals surface area contributed by atoms with Gasteiger partial charge < -0.3 is 10.1 Å². The van der Waals surface area contributed by atoms with E-state index in [2.05, 4.69) is 5.32 Å². The van der Waals surface area contributed by atoms with Crippen molar-refractivity contribution < 1.29 is 23.9 Å². The number of halogens is 2. The van der Waals surface area contributed by atoms with Gasteiger partial charge in [-0.2, -0.15) is 0 Å². The number of amides is 3. The second-order valence-electron chi connectivity index (χ2n) is 7.56. The van der Waals surface area contributed by atoms with Crippen LogP contribution in [0, 0.1) is 0 Å². The summed E-state index contributed by atoms with van der Waals surface area (Å²) in [7, 11) is 0. The smallest absolute Gasteiger partial charge is 0.338 e. The number of hydrogen-bond acceptors (Lipinski definition) is 5. The van der Waals surface area contributed by atoms with E-state index in [1.165, 1.54) is 25.1 Å². The van der Waals surface area contributed by atoms with E-state index >= 15 is 0 Å². The molecule has 1 unspecified atom stereocenters. The average Bonchev–Trinajstić information content (AvgIpc) is 3.06. The zero-order valence-electron chi connectivity index (χ0n) is 17.9. The van der Waals surface area contributed by atoms with Crippen molar-refractivity contribution in [2.75, 3.05) is 5.32 Å². The monoisotopic (exact) mass is 496 g/mol. The maximum atomic E-state index is 12.9. The van der Waals surface area contributed by atoms with Crippen LogP contribution in [0.5, 0.6) is 0 Å². The molecule has 0 radical (unpaired) electrons. The zero-order chi connectivity index (χ0) is 24.4. The SMILES string of the molecule is CC(OC(=O)c1ccc2c(c1)C(=O)N(Cc1ccccc1Cl)C2=O)C(=O)Nc1ccccc1Cl. The number of esters is 1. The third kappa shape index (κ3) is 4.66. The van der Waals surface area contributed by atoms with E-state index in [9.17, 15) is 19.2 Å². The summed E-state index contributed by atoms with van der Waals surface area (Å²) in [5.41, 5.74) is 1.31. The molecule has 0 aromatic heterocycles. The number of imide groups is 1. The fourth-order valence-corrected chi connectivity index (χ4v) is 3.82. The minimum absolute atomic E-state index is 0.00501. The zero-order valence-corrected chi connectivity index (χ0v) is 19.4. The molecule has 0 saturated heterocycles. The molecule has 0 saturated carbocycles. The lowest BCUT2D eigenvalue weighted by atomic mass is 10.1. The number of hydrogen-bond donors (Lipinski definition) is 1. The molecule has 172 valence electrons. The molecule has 0 spiro atoms. The molecule has 1 atom stereocenters. The first kappa shape index (κ1) is 23.5. The van der Waals surface area contributed by atoms with Crippen molar-refractivity contribution in [2.24, 2.45) is 0 Å². The Balaban J connectivity index is 1.46. The van der Waals surface area contributed by atoms with Crippen LogP contribution in [0.25, 0.3) is 0 Å². The molecule has 1 N–H and O–H groups in total. The molecule has 0 aliphatic carbocycles. The number of benzene rings is 3. The highest BCUT2D eigenvalue weighted by atomic mass is 35.5. The molecule has 1 aliphatic rings. The summed E-state index contributed by atoms with van der Waals surface area (Å²) in [5, 5.41) is 3.37. The van der Waals surface area contributed by atoms with Gasteiger partial charge in [-0.3, -0.25) is 19.3 Å². The van der Waals surface area contributed by atoms with Gasteiger partial charge in [0.15, 0.2) is 6.10 Å². The van der Waals surface area contributed by atoms with E-state index in [-0.39, 0.29) is 23.2 Å². The van der Waals surface area contributed by atoms with E-state index in [1.54, 1.807) is 48.5 Å². The van der Waals surface area contributed by atoms with Gasteiger partial charge in [-0.05, 0) is 48.9 Å². The van der Waals surface area contributed by atoms with Gasteiger partial charge in [0.1, 0.15) is 0 Å². The Kier molecular flexibility index (Phi) is 6.68. The third-order valence-electron chi connectivity index (χ3n) is 5.28. The van der Waals surface area contributed by atoms with Crippen molar-refractivity contribution >= 4 is 52.6 Å². The van der Waals surface area contributed by atoms with E-state index in [4.69, 9.17) is 27.9 Å². The molecule has 0 fully saturated rings. The lowest BCUT2D eigenvalue weighted by molar-refractivity contribution is -0.123. The van der Waals surface area contributed by atoms with Gasteiger partial charge in [-0.1, -0.05) is 53.5 Å². The Morgan fingerprint density at radius 2 is 1.56 bits per heavy atom. The van der Waals surface area contributed by atoms with Gasteiger partial charge in [0, 0.05) is 5.02 Å². The maximum absolute atomic E-state index is 12.9. The molecule has 1 heterocycles. The van der Waals surface area contributed by atoms with Crippen molar-refractivity contribution in [2.45, 2.75) is 19.6 Å². The van der Waals surface area contributed by atoms with E-state index in [0.717, 1.165) is 4.90 Å². The number of ether oxygens (including phenoxy) is 1. The van der Waals surface area contributed by atoms with Gasteiger partial charge in [-0.15, -0.1) is 0 Å². The Hall–Kier alpha value is -3.68. The van der Waals surface area contributed by atoms with Crippen molar-refractivity contribution in [1.82, 2.24) is 4.90 Å². The predicted molar refractivity (Wildman–Crippen MR) is 127 cm³/mol. The summed E-state index contributed by atoms with van der Waals surface area (Å²) in [6.07, 6.45) is -1.13. The molecule has 3 aromatic rings. The molecule has 7 nitrogen and oxygen atoms in total. The Morgan fingerprint density at radius 3 is 2.26 bits per heavy atom. The molecule has 0 bridgehead atoms. The van der Waals surface area contributed by atoms with Crippen LogP contribution in [0.2, 0.25) is 10.0 Å². The number of nitrogens with one attached hydrogen (secondary N) is 1. The molecule has 4 rings (SSSR count). The number of fused-ring (bicyclic) bond motifs is 1. The number of nitrogens with zero attached hydrogens (tertiary/aromatic N) is 1. The van der Waals surface area contributed by atoms with Gasteiger partial charge in [0.2, 0.25) is 0 Å². The van der Waals surface area contributed by atoms with Crippen LogP contribution >= 0.6 is 23.2 Å². The van der Waals surface area contributed by atoms with Crippen LogP contribution in [0.4, 0.5) is 5.69 Å². The number of anilines is 1. The summed E-state index contributed by atoms with van der Waals surface area (Å²) < 4.78 is 5.25. The Bertz CT molecular complexity index is 1320. The standard InChI is InChI=1S/C25H18Cl2N2O5/c1-14(22(30)28-21-9-5-4-8-20(21)27)34-25(33)15-10-11-17-18(12-15)24(32)29(23(17)31)13-16-6-2-3-7-19(16)26/h2-12,14H,13H2,1H3,(H,28,30). The lowest BCUT2D eigenvalue weighted by Crippen LogP contribution is -2.30. The van der Waals surface area contributed by atoms with Crippen molar-refractivity contribution in [3.63, 3.8) is 0 Å². The highest BCUT2D eigenvalue weighted by Gasteiger charge is 2.36. The van der Waals surface area contributed by atoms with Crippen molar-refractivity contribution in [1.29, 1.82) is 0 Å². The van der Waals surface area contributed by atoms with Crippen LogP contribution in [-0.2, 0) is 16.1 Å². The van der Waals surface area contributed by atoms with E-state index in [1.807, 2.05) is 0 Å². The van der Waals surface area contributed by atoms with Crippen LogP contribution in [0.1, 0.15) is 43.6 Å². The fourth-order valence-electron chi connectivity index (χ4n) is 3.44. The van der Waals surface area contributed by atoms with Gasteiger partial charge in [0.25, 0.3) is 17.7 Å². The van der Waals surface area contributed by atoms with Crippen LogP contribution in [0.3, 0.4) is 0 Å². The molecular formula is C25H18Cl2N2O5. The van der Waals surface area contributed by atoms with Gasteiger partial charge >= 0.3 is 5.97 Å². The summed E-state index contributed by atoms with van der Waals surface area (Å²) in [6.45, 7) is 1.42. The first-order valence-corrected chi connectivity index (χ1v) is 11.0. The number of rotatable bonds is 6. The Labute approximate surface area is 205 Å². The fraction of sp³-hybridized carbons (Fsp3) is 0.120. The Morgan fingerprint density at radius 1 is 0.912 bits per heavy atom. The molecule has 3 amide bonds. The minimum atomic E-state index is -1.13. The molecular weight excluding hydrogens is 479 g/mol. The lowest BCUT2D eigenvalue weighted by Gasteiger charge is -2.14. The number of para-hydroxylation sites is 1. The van der Waals surface area contributed by atoms with Crippen LogP contribution < -0.4 is 5.32 Å². The largest absolute Gasteiger partial charge is 0.449 e. The van der Waals surface area contributed by atoms with Gasteiger partial charge in [0.05, 0.1) is 33.9 Å². The maximum Gasteiger partial charge on any atom is 0.338 e. The van der Waals surface area contributed by atoms with Crippen LogP contribution in [-0.4, -0.2) is 34.7 Å². The average molecular weight is 497 g/mol. The highest BCUT2D eigenvalue weighted by Crippen LogP contribution is 2.28. The summed E-state index contributed by atoms with van der Waals surface area (Å²) in [4.78, 5) is 51.7. The second-order valence-corrected chi connectivity index (χ2v) is 8.38. The summed E-state index contributed by atoms with van der Waals surface area (Å²) in [5.74, 6) is -2.40. The molecule has 34 heavy (non-hydrogen) atoms. The first-order chi connectivity index (χ1) is 16.3. The van der Waals surface area contributed by atoms with Crippen molar-refractivity contribution in [3.05, 3.63) is 99.0 Å². The van der Waals surface area contributed by atoms with E-state index in [0.29, 0.717) is 21.3 Å². The molecule has 3 aromatic carbocycles. The second kappa shape index (κ2) is 9.67. The van der Waals surface area contributed by atoms with Crippen molar-refractivity contribution in [3.8, 4) is 0 Å². The molecule has 1 aliphatic heterocycles. The predicted octanol–water partition coefficient (Wildman–Crippen LogP) is 4.97. The van der Waals surface area contributed by atoms with E-state index < -0.39 is 29.8 Å². The third-order valence-corrected chi connectivity index (χ3v) is 5.98. The number of carbonyl (C=O) groups is 4. The topological polar surface area (TPSA) is 92.8 Å². The molecule has 9 heteroatoms. The summed E-state index contributed by atoms with van der Waals surface area (Å²) >= 11 is 12.2. The first-order valence-electron chi connectivity index (χ1n) is 10.3. The quantitative estimate of drug-likeness (QED) is 0.384. The minimum Gasteiger partial charge on any atom is -0.449 e. The summed E-state index contributed by atoms with van der Waals surface area (Å²) in [6, 6.07) is 17.6. The number of carbonyl (C=O) groups excluding carboxylic acids is 4. The normalized spacial score (nSPS) is 13.4. The van der Waals surface area contributed by atoms with Crippen LogP contribution in [0.15, 0.2) is 66.7 Å². The van der Waals surface area contributed by atoms with Gasteiger partial charge in [-0.25, -0.2) is 4.79 Å².